The molecule has 0 radical (unpaired) electrons. The predicted octanol–water partition coefficient (Wildman–Crippen LogP) is 3.64. The summed E-state index contributed by atoms with van der Waals surface area (Å²) >= 11 is 0. The fourth-order valence-electron chi connectivity index (χ4n) is 3.72. The largest absolute Gasteiger partial charge is 0.490 e. The first-order valence-electron chi connectivity index (χ1n) is 12.0. The number of hydrogen-bond acceptors (Lipinski definition) is 10. The Bertz CT molecular complexity index is 1580. The SMILES string of the molecule is CCOc1cc(C=NNC(=O)c2nnn(-c3nonc3N)c2-c2ccccc2)ccc1OCc1ccccc1. The summed E-state index contributed by atoms with van der Waals surface area (Å²) in [4.78, 5) is 13.1. The molecular weight excluding hydrogens is 500 g/mol. The zero-order chi connectivity index (χ0) is 27.0. The van der Waals surface area contributed by atoms with Crippen molar-refractivity contribution in [2.45, 2.75) is 13.5 Å². The zero-order valence-corrected chi connectivity index (χ0v) is 20.9. The molecule has 12 nitrogen and oxygen atoms in total. The van der Waals surface area contributed by atoms with Crippen LogP contribution >= 0.6 is 0 Å². The molecular formula is C27H24N8O4. The van der Waals surface area contributed by atoms with Crippen LogP contribution in [0, 0.1) is 0 Å². The number of ether oxygens (including phenoxy) is 2. The van der Waals surface area contributed by atoms with Crippen molar-refractivity contribution in [3.05, 3.63) is 95.7 Å². The van der Waals surface area contributed by atoms with E-state index in [2.05, 4.69) is 31.2 Å². The second-order valence-corrected chi connectivity index (χ2v) is 8.15. The summed E-state index contributed by atoms with van der Waals surface area (Å²) in [5.41, 5.74) is 11.1. The van der Waals surface area contributed by atoms with E-state index in [0.717, 1.165) is 5.56 Å². The number of anilines is 1. The number of carbonyl (C=O) groups is 1. The number of nitrogens with zero attached hydrogens (tertiary/aromatic N) is 6. The number of aromatic nitrogens is 5. The van der Waals surface area contributed by atoms with Gasteiger partial charge in [0.1, 0.15) is 12.3 Å². The van der Waals surface area contributed by atoms with E-state index >= 15 is 0 Å². The van der Waals surface area contributed by atoms with Gasteiger partial charge in [0, 0.05) is 5.56 Å². The van der Waals surface area contributed by atoms with Crippen LogP contribution in [0.2, 0.25) is 0 Å². The van der Waals surface area contributed by atoms with Gasteiger partial charge in [0.25, 0.3) is 5.91 Å². The van der Waals surface area contributed by atoms with Crippen molar-refractivity contribution in [2.24, 2.45) is 5.10 Å². The Balaban J connectivity index is 1.34. The molecule has 5 rings (SSSR count). The molecule has 0 aliphatic carbocycles. The second-order valence-electron chi connectivity index (χ2n) is 8.15. The highest BCUT2D eigenvalue weighted by Gasteiger charge is 2.25. The number of amides is 1. The molecule has 5 aromatic rings. The number of rotatable bonds is 10. The van der Waals surface area contributed by atoms with Crippen LogP contribution in [0.1, 0.15) is 28.5 Å². The van der Waals surface area contributed by atoms with Crippen LogP contribution in [0.5, 0.6) is 11.5 Å². The molecule has 0 fully saturated rings. The summed E-state index contributed by atoms with van der Waals surface area (Å²) in [6.45, 7) is 2.76. The Morgan fingerprint density at radius 2 is 1.79 bits per heavy atom. The Morgan fingerprint density at radius 3 is 2.51 bits per heavy atom. The normalized spacial score (nSPS) is 11.0. The lowest BCUT2D eigenvalue weighted by atomic mass is 10.1. The Hall–Kier alpha value is -5.52. The molecule has 2 aromatic heterocycles. The summed E-state index contributed by atoms with van der Waals surface area (Å²) < 4.78 is 17.7. The average Bonchev–Trinajstić information content (AvgIpc) is 3.60. The van der Waals surface area contributed by atoms with Crippen molar-refractivity contribution >= 4 is 17.9 Å². The Labute approximate surface area is 223 Å². The number of benzene rings is 3. The standard InChI is InChI=1S/C27H24N8O4/c1-2-37-22-15-19(13-14-21(22)38-17-18-9-5-3-6-10-18)16-29-31-27(36)23-24(20-11-7-4-8-12-20)35(34-30-23)26-25(28)32-39-33-26/h3-16H,2,17H2,1H3,(H2,28,32)(H,31,36). The number of nitrogen functional groups attached to an aromatic ring is 1. The predicted molar refractivity (Wildman–Crippen MR) is 143 cm³/mol. The highest BCUT2D eigenvalue weighted by molar-refractivity contribution is 5.98. The lowest BCUT2D eigenvalue weighted by molar-refractivity contribution is 0.0950. The van der Waals surface area contributed by atoms with Crippen molar-refractivity contribution in [1.82, 2.24) is 30.7 Å². The number of nitrogens with two attached hydrogens (primary N) is 1. The van der Waals surface area contributed by atoms with Gasteiger partial charge >= 0.3 is 0 Å². The van der Waals surface area contributed by atoms with E-state index in [1.807, 2.05) is 61.5 Å². The van der Waals surface area contributed by atoms with Gasteiger partial charge in [-0.3, -0.25) is 4.79 Å². The number of nitrogens with one attached hydrogen (secondary N) is 1. The summed E-state index contributed by atoms with van der Waals surface area (Å²) in [7, 11) is 0. The second kappa shape index (κ2) is 11.7. The number of hydrogen-bond donors (Lipinski definition) is 2. The molecule has 2 heterocycles. The van der Waals surface area contributed by atoms with Crippen LogP contribution in [0.4, 0.5) is 5.82 Å². The molecule has 0 saturated carbocycles. The fraction of sp³-hybridized carbons (Fsp3) is 0.111. The van der Waals surface area contributed by atoms with Gasteiger partial charge in [0.15, 0.2) is 17.2 Å². The first kappa shape index (κ1) is 25.1. The minimum Gasteiger partial charge on any atom is -0.490 e. The van der Waals surface area contributed by atoms with Gasteiger partial charge in [-0.2, -0.15) is 9.78 Å². The topological polar surface area (TPSA) is 156 Å². The molecule has 1 amide bonds. The van der Waals surface area contributed by atoms with Gasteiger partial charge in [-0.15, -0.1) is 5.10 Å². The van der Waals surface area contributed by atoms with Crippen LogP contribution in [0.25, 0.3) is 17.1 Å². The van der Waals surface area contributed by atoms with Crippen LogP contribution in [0.15, 0.2) is 88.6 Å². The third-order valence-corrected chi connectivity index (χ3v) is 5.51. The number of carbonyl (C=O) groups excluding carboxylic acids is 1. The van der Waals surface area contributed by atoms with E-state index in [0.29, 0.717) is 41.5 Å². The third-order valence-electron chi connectivity index (χ3n) is 5.51. The van der Waals surface area contributed by atoms with Crippen LogP contribution in [-0.2, 0) is 6.61 Å². The molecule has 12 heteroatoms. The van der Waals surface area contributed by atoms with E-state index in [1.165, 1.54) is 10.9 Å². The molecule has 0 unspecified atom stereocenters. The van der Waals surface area contributed by atoms with Crippen molar-refractivity contribution in [3.8, 4) is 28.6 Å². The summed E-state index contributed by atoms with van der Waals surface area (Å²) in [5.74, 6) is 0.703. The van der Waals surface area contributed by atoms with Gasteiger partial charge in [-0.1, -0.05) is 65.9 Å². The lowest BCUT2D eigenvalue weighted by Gasteiger charge is -2.12. The zero-order valence-electron chi connectivity index (χ0n) is 20.9. The first-order chi connectivity index (χ1) is 19.1. The lowest BCUT2D eigenvalue weighted by Crippen LogP contribution is -2.19. The summed E-state index contributed by atoms with van der Waals surface area (Å²) in [6, 6.07) is 24.3. The van der Waals surface area contributed by atoms with Crippen molar-refractivity contribution in [2.75, 3.05) is 12.3 Å². The van der Waals surface area contributed by atoms with Gasteiger partial charge in [-0.25, -0.2) is 10.1 Å². The van der Waals surface area contributed by atoms with Crippen molar-refractivity contribution in [1.29, 1.82) is 0 Å². The molecule has 0 saturated heterocycles. The van der Waals surface area contributed by atoms with Crippen molar-refractivity contribution < 1.29 is 18.9 Å². The maximum absolute atomic E-state index is 13.1. The van der Waals surface area contributed by atoms with Gasteiger partial charge in [-0.05, 0) is 46.6 Å². The van der Waals surface area contributed by atoms with Gasteiger partial charge < -0.3 is 15.2 Å². The minimum atomic E-state index is -0.584. The fourth-order valence-corrected chi connectivity index (χ4v) is 3.72. The average molecular weight is 525 g/mol. The third kappa shape index (κ3) is 5.74. The molecule has 0 aliphatic rings. The minimum absolute atomic E-state index is 0.00311. The maximum Gasteiger partial charge on any atom is 0.294 e. The summed E-state index contributed by atoms with van der Waals surface area (Å²) in [6.07, 6.45) is 1.49. The first-order valence-corrected chi connectivity index (χ1v) is 12.0. The van der Waals surface area contributed by atoms with E-state index in [1.54, 1.807) is 24.3 Å². The maximum atomic E-state index is 13.1. The molecule has 196 valence electrons. The molecule has 3 N–H and O–H groups in total. The molecule has 0 bridgehead atoms. The van der Waals surface area contributed by atoms with Crippen LogP contribution in [0.3, 0.4) is 0 Å². The molecule has 0 spiro atoms. The van der Waals surface area contributed by atoms with Crippen LogP contribution < -0.4 is 20.6 Å². The molecule has 3 aromatic carbocycles. The monoisotopic (exact) mass is 524 g/mol. The van der Waals surface area contributed by atoms with E-state index in [9.17, 15) is 4.79 Å². The van der Waals surface area contributed by atoms with Gasteiger partial charge in [0.05, 0.1) is 12.8 Å². The molecule has 0 atom stereocenters. The number of hydrazone groups is 1. The Morgan fingerprint density at radius 1 is 1.03 bits per heavy atom. The summed E-state index contributed by atoms with van der Waals surface area (Å²) in [5, 5.41) is 19.5. The highest BCUT2D eigenvalue weighted by Crippen LogP contribution is 2.29. The Kier molecular flexibility index (Phi) is 7.53. The van der Waals surface area contributed by atoms with E-state index in [-0.39, 0.29) is 17.3 Å². The van der Waals surface area contributed by atoms with E-state index in [4.69, 9.17) is 19.8 Å². The van der Waals surface area contributed by atoms with Crippen LogP contribution in [-0.4, -0.2) is 44.0 Å². The molecule has 39 heavy (non-hydrogen) atoms. The smallest absolute Gasteiger partial charge is 0.294 e. The highest BCUT2D eigenvalue weighted by atomic mass is 16.6. The van der Waals surface area contributed by atoms with Crippen molar-refractivity contribution in [3.63, 3.8) is 0 Å². The molecule has 0 aliphatic heterocycles. The van der Waals surface area contributed by atoms with Gasteiger partial charge in [0.2, 0.25) is 11.6 Å². The quantitative estimate of drug-likeness (QED) is 0.206. The van der Waals surface area contributed by atoms with E-state index < -0.39 is 5.91 Å².